The fourth-order valence-electron chi connectivity index (χ4n) is 5.42. The van der Waals surface area contributed by atoms with Crippen LogP contribution < -0.4 is 26.4 Å². The standard InChI is InChI=1S/C33H29N5O5S/c1-19-14-26(17-28-30(19)36-18-29(32(35)39)31(28)37-22-4-3-5-24(15-22)43-2)44(41,42)25-11-6-20-12-13-38(33(40)27(20)16-25)23-9-7-21(34)8-10-23/h3-11,14-18H,12-13,34H2,1-2H3,(H2,35,39)(H,36,37). The third-order valence-electron chi connectivity index (χ3n) is 7.73. The molecule has 10 nitrogen and oxygen atoms in total. The summed E-state index contributed by atoms with van der Waals surface area (Å²) in [5, 5.41) is 3.61. The summed E-state index contributed by atoms with van der Waals surface area (Å²) >= 11 is 0. The number of carbonyl (C=O) groups is 2. The first-order valence-electron chi connectivity index (χ1n) is 13.8. The van der Waals surface area contributed by atoms with Gasteiger partial charge in [0.05, 0.1) is 33.7 Å². The van der Waals surface area contributed by atoms with Crippen LogP contribution in [-0.2, 0) is 16.3 Å². The van der Waals surface area contributed by atoms with E-state index in [9.17, 15) is 18.0 Å². The van der Waals surface area contributed by atoms with E-state index >= 15 is 0 Å². The van der Waals surface area contributed by atoms with Crippen LogP contribution >= 0.6 is 0 Å². The van der Waals surface area contributed by atoms with Gasteiger partial charge in [0.25, 0.3) is 11.8 Å². The predicted octanol–water partition coefficient (Wildman–Crippen LogP) is 5.01. The lowest BCUT2D eigenvalue weighted by Gasteiger charge is -2.29. The molecule has 5 aromatic rings. The maximum atomic E-state index is 14.1. The van der Waals surface area contributed by atoms with Gasteiger partial charge in [-0.2, -0.15) is 0 Å². The zero-order chi connectivity index (χ0) is 31.2. The molecule has 0 bridgehead atoms. The summed E-state index contributed by atoms with van der Waals surface area (Å²) in [7, 11) is -2.57. The van der Waals surface area contributed by atoms with Crippen LogP contribution in [0.2, 0.25) is 0 Å². The topological polar surface area (TPSA) is 158 Å². The molecule has 5 N–H and O–H groups in total. The van der Waals surface area contributed by atoms with Gasteiger partial charge in [0, 0.05) is 46.8 Å². The van der Waals surface area contributed by atoms with Gasteiger partial charge in [-0.15, -0.1) is 0 Å². The van der Waals surface area contributed by atoms with E-state index in [2.05, 4.69) is 10.3 Å². The second kappa shape index (κ2) is 11.0. The van der Waals surface area contributed by atoms with Crippen molar-refractivity contribution in [1.82, 2.24) is 4.98 Å². The van der Waals surface area contributed by atoms with Gasteiger partial charge in [-0.05, 0) is 85.1 Å². The van der Waals surface area contributed by atoms with Crippen molar-refractivity contribution >= 4 is 55.3 Å². The molecule has 1 aliphatic heterocycles. The molecule has 0 atom stereocenters. The lowest BCUT2D eigenvalue weighted by Crippen LogP contribution is -2.37. The summed E-state index contributed by atoms with van der Waals surface area (Å²) in [6, 6.07) is 21.7. The largest absolute Gasteiger partial charge is 0.497 e. The number of anilines is 4. The number of nitrogens with two attached hydrogens (primary N) is 2. The third-order valence-corrected chi connectivity index (χ3v) is 9.46. The molecule has 0 spiro atoms. The first-order chi connectivity index (χ1) is 21.1. The number of carbonyl (C=O) groups excluding carboxylic acids is 2. The van der Waals surface area contributed by atoms with Crippen LogP contribution in [0.15, 0.2) is 94.9 Å². The number of benzene rings is 4. The van der Waals surface area contributed by atoms with Crippen molar-refractivity contribution in [2.45, 2.75) is 23.1 Å². The average molecular weight is 608 g/mol. The second-order valence-electron chi connectivity index (χ2n) is 10.5. The molecule has 0 unspecified atom stereocenters. The molecule has 222 valence electrons. The summed E-state index contributed by atoms with van der Waals surface area (Å²) in [5.74, 6) is -0.428. The molecular formula is C33H29N5O5S. The van der Waals surface area contributed by atoms with Crippen molar-refractivity contribution in [2.24, 2.45) is 5.73 Å². The van der Waals surface area contributed by atoms with Gasteiger partial charge < -0.3 is 26.4 Å². The van der Waals surface area contributed by atoms with E-state index in [0.717, 1.165) is 5.56 Å². The molecule has 1 aromatic heterocycles. The number of nitrogens with zero attached hydrogens (tertiary/aromatic N) is 2. The fraction of sp³-hybridized carbons (Fsp3) is 0.121. The number of fused-ring (bicyclic) bond motifs is 2. The quantitative estimate of drug-likeness (QED) is 0.218. The number of aromatic nitrogens is 1. The van der Waals surface area contributed by atoms with Crippen molar-refractivity contribution in [3.05, 3.63) is 107 Å². The molecule has 0 radical (unpaired) electrons. The van der Waals surface area contributed by atoms with Gasteiger partial charge in [-0.1, -0.05) is 12.1 Å². The van der Waals surface area contributed by atoms with Crippen molar-refractivity contribution in [3.8, 4) is 5.75 Å². The number of methoxy groups -OCH3 is 1. The molecule has 0 saturated carbocycles. The minimum absolute atomic E-state index is 0.0155. The fourth-order valence-corrected chi connectivity index (χ4v) is 6.82. The number of sulfone groups is 1. The van der Waals surface area contributed by atoms with Gasteiger partial charge in [-0.3, -0.25) is 14.6 Å². The Kier molecular flexibility index (Phi) is 7.18. The zero-order valence-corrected chi connectivity index (χ0v) is 24.8. The van der Waals surface area contributed by atoms with Crippen molar-refractivity contribution in [3.63, 3.8) is 0 Å². The Morgan fingerprint density at radius 3 is 2.50 bits per heavy atom. The lowest BCUT2D eigenvalue weighted by atomic mass is 9.98. The Labute approximate surface area is 254 Å². The molecule has 0 fully saturated rings. The first-order valence-corrected chi connectivity index (χ1v) is 15.2. The van der Waals surface area contributed by atoms with Gasteiger partial charge in [0.1, 0.15) is 5.75 Å². The van der Waals surface area contributed by atoms with Crippen molar-refractivity contribution < 1.29 is 22.7 Å². The Morgan fingerprint density at radius 2 is 1.77 bits per heavy atom. The smallest absolute Gasteiger partial charge is 0.258 e. The Balaban J connectivity index is 1.45. The summed E-state index contributed by atoms with van der Waals surface area (Å²) in [5.41, 5.74) is 16.0. The van der Waals surface area contributed by atoms with Crippen LogP contribution in [0, 0.1) is 6.92 Å². The van der Waals surface area contributed by atoms with Crippen LogP contribution in [0.1, 0.15) is 31.8 Å². The molecule has 0 aliphatic carbocycles. The number of primary amides is 1. The monoisotopic (exact) mass is 607 g/mol. The van der Waals surface area contributed by atoms with Crippen molar-refractivity contribution in [2.75, 3.05) is 29.6 Å². The summed E-state index contributed by atoms with van der Waals surface area (Å²) in [4.78, 5) is 32.0. The van der Waals surface area contributed by atoms with E-state index in [1.54, 1.807) is 73.5 Å². The number of nitrogens with one attached hydrogen (secondary N) is 1. The van der Waals surface area contributed by atoms with Crippen LogP contribution in [-0.4, -0.2) is 38.9 Å². The molecule has 0 saturated heterocycles. The number of nitrogen functional groups attached to an aromatic ring is 1. The van der Waals surface area contributed by atoms with E-state index in [-0.39, 0.29) is 21.3 Å². The Hall–Kier alpha value is -5.42. The summed E-state index contributed by atoms with van der Waals surface area (Å²) < 4.78 is 33.5. The molecule has 6 rings (SSSR count). The van der Waals surface area contributed by atoms with Gasteiger partial charge in [0.2, 0.25) is 9.84 Å². The van der Waals surface area contributed by atoms with Gasteiger partial charge >= 0.3 is 0 Å². The predicted molar refractivity (Wildman–Crippen MR) is 169 cm³/mol. The molecule has 4 aromatic carbocycles. The normalized spacial score (nSPS) is 13.0. The number of hydrogen-bond acceptors (Lipinski definition) is 8. The van der Waals surface area contributed by atoms with Crippen LogP contribution in [0.5, 0.6) is 5.75 Å². The van der Waals surface area contributed by atoms with Crippen LogP contribution in [0.4, 0.5) is 22.7 Å². The highest BCUT2D eigenvalue weighted by atomic mass is 32.2. The molecular weight excluding hydrogens is 578 g/mol. The number of ether oxygens (including phenoxy) is 1. The Bertz CT molecular complexity index is 2080. The lowest BCUT2D eigenvalue weighted by molar-refractivity contribution is 0.0977. The molecule has 1 aliphatic rings. The molecule has 11 heteroatoms. The van der Waals surface area contributed by atoms with Crippen LogP contribution in [0.3, 0.4) is 0 Å². The highest BCUT2D eigenvalue weighted by Crippen LogP contribution is 2.36. The SMILES string of the molecule is COc1cccc(Nc2c(C(N)=O)cnc3c(C)cc(S(=O)(=O)c4ccc5c(c4)C(=O)N(c4ccc(N)cc4)CC5)cc23)c1. The maximum absolute atomic E-state index is 14.1. The number of pyridine rings is 1. The zero-order valence-electron chi connectivity index (χ0n) is 24.0. The number of hydrogen-bond donors (Lipinski definition) is 3. The third kappa shape index (κ3) is 5.07. The second-order valence-corrected chi connectivity index (χ2v) is 12.5. The van der Waals surface area contributed by atoms with E-state index in [1.165, 1.54) is 30.5 Å². The average Bonchev–Trinajstić information content (AvgIpc) is 3.02. The van der Waals surface area contributed by atoms with Gasteiger partial charge in [0.15, 0.2) is 0 Å². The molecule has 44 heavy (non-hydrogen) atoms. The number of amides is 2. The highest BCUT2D eigenvalue weighted by molar-refractivity contribution is 7.91. The van der Waals surface area contributed by atoms with Crippen molar-refractivity contribution in [1.29, 1.82) is 0 Å². The summed E-state index contributed by atoms with van der Waals surface area (Å²) in [6.07, 6.45) is 1.94. The van der Waals surface area contributed by atoms with Gasteiger partial charge in [-0.25, -0.2) is 8.42 Å². The molecule has 2 heterocycles. The molecule has 2 amide bonds. The van der Waals surface area contributed by atoms with E-state index < -0.39 is 15.7 Å². The van der Waals surface area contributed by atoms with E-state index in [4.69, 9.17) is 16.2 Å². The van der Waals surface area contributed by atoms with E-state index in [0.29, 0.717) is 63.5 Å². The summed E-state index contributed by atoms with van der Waals surface area (Å²) in [6.45, 7) is 2.21. The number of rotatable bonds is 7. The maximum Gasteiger partial charge on any atom is 0.258 e. The number of aryl methyl sites for hydroxylation is 1. The minimum Gasteiger partial charge on any atom is -0.497 e. The van der Waals surface area contributed by atoms with Crippen LogP contribution in [0.25, 0.3) is 10.9 Å². The Morgan fingerprint density at radius 1 is 1.00 bits per heavy atom. The minimum atomic E-state index is -4.11. The van der Waals surface area contributed by atoms with E-state index in [1.807, 2.05) is 0 Å². The highest BCUT2D eigenvalue weighted by Gasteiger charge is 2.29. The first kappa shape index (κ1) is 28.7.